The number of amides is 2. The molecule has 2 saturated heterocycles. The molecule has 7 heteroatoms. The van der Waals surface area contributed by atoms with Gasteiger partial charge in [0.2, 0.25) is 0 Å². The van der Waals surface area contributed by atoms with Crippen LogP contribution in [0.25, 0.3) is 0 Å². The summed E-state index contributed by atoms with van der Waals surface area (Å²) in [7, 11) is 0. The smallest absolute Gasteiger partial charge is 0.317 e. The van der Waals surface area contributed by atoms with Crippen molar-refractivity contribution in [1.82, 2.24) is 15.1 Å². The molecule has 3 aliphatic rings. The standard InChI is InChI=1S/C21H30Cl2N4O/c22-18-2-1-3-19(20(18)23)26-14-12-25(13-15-26)10-8-16-4-6-17(7-5-16)27-11-9-24-21(27)28/h1-3,16-17H,4-15H2,(H,24,28)/t16-,17-. The van der Waals surface area contributed by atoms with Crippen molar-refractivity contribution in [3.63, 3.8) is 0 Å². The normalized spacial score (nSPS) is 26.6. The highest BCUT2D eigenvalue weighted by Crippen LogP contribution is 2.33. The summed E-state index contributed by atoms with van der Waals surface area (Å²) in [6, 6.07) is 6.47. The predicted molar refractivity (Wildman–Crippen MR) is 116 cm³/mol. The molecule has 0 aromatic heterocycles. The van der Waals surface area contributed by atoms with Crippen molar-refractivity contribution in [3.05, 3.63) is 28.2 Å². The molecule has 0 spiro atoms. The maximum Gasteiger partial charge on any atom is 0.317 e. The van der Waals surface area contributed by atoms with Gasteiger partial charge in [-0.05, 0) is 56.7 Å². The van der Waals surface area contributed by atoms with Crippen molar-refractivity contribution < 1.29 is 4.79 Å². The third-order valence-electron chi connectivity index (χ3n) is 6.64. The van der Waals surface area contributed by atoms with E-state index in [0.29, 0.717) is 16.1 Å². The van der Waals surface area contributed by atoms with E-state index < -0.39 is 0 Å². The summed E-state index contributed by atoms with van der Waals surface area (Å²) in [5.41, 5.74) is 1.05. The van der Waals surface area contributed by atoms with Crippen molar-refractivity contribution in [3.8, 4) is 0 Å². The van der Waals surface area contributed by atoms with Gasteiger partial charge in [0, 0.05) is 45.3 Å². The Bertz CT molecular complexity index is 685. The van der Waals surface area contributed by atoms with Gasteiger partial charge in [-0.15, -0.1) is 0 Å². The van der Waals surface area contributed by atoms with Crippen molar-refractivity contribution in [1.29, 1.82) is 0 Å². The van der Waals surface area contributed by atoms with E-state index in [-0.39, 0.29) is 6.03 Å². The predicted octanol–water partition coefficient (Wildman–Crippen LogP) is 4.09. The van der Waals surface area contributed by atoms with E-state index in [0.717, 1.165) is 50.9 Å². The molecular formula is C21H30Cl2N4O. The first-order chi connectivity index (χ1) is 13.6. The van der Waals surface area contributed by atoms with Crippen LogP contribution >= 0.6 is 23.2 Å². The van der Waals surface area contributed by atoms with Crippen LogP contribution in [0, 0.1) is 5.92 Å². The van der Waals surface area contributed by atoms with Crippen molar-refractivity contribution in [2.45, 2.75) is 38.1 Å². The fourth-order valence-electron chi connectivity index (χ4n) is 4.89. The maximum atomic E-state index is 11.8. The molecule has 3 fully saturated rings. The number of benzene rings is 1. The first-order valence-electron chi connectivity index (χ1n) is 10.6. The van der Waals surface area contributed by atoms with Crippen molar-refractivity contribution in [2.24, 2.45) is 5.92 Å². The van der Waals surface area contributed by atoms with E-state index in [2.05, 4.69) is 26.1 Å². The molecule has 1 aromatic rings. The van der Waals surface area contributed by atoms with E-state index >= 15 is 0 Å². The van der Waals surface area contributed by atoms with Gasteiger partial charge in [0.15, 0.2) is 0 Å². The van der Waals surface area contributed by atoms with Gasteiger partial charge < -0.3 is 15.1 Å². The number of hydrogen-bond donors (Lipinski definition) is 1. The Morgan fingerprint density at radius 3 is 2.43 bits per heavy atom. The minimum atomic E-state index is 0.140. The topological polar surface area (TPSA) is 38.8 Å². The lowest BCUT2D eigenvalue weighted by Gasteiger charge is -2.38. The Morgan fingerprint density at radius 1 is 1.00 bits per heavy atom. The van der Waals surface area contributed by atoms with E-state index in [9.17, 15) is 4.79 Å². The molecule has 154 valence electrons. The average molecular weight is 425 g/mol. The van der Waals surface area contributed by atoms with Crippen LogP contribution in [0.5, 0.6) is 0 Å². The monoisotopic (exact) mass is 424 g/mol. The zero-order chi connectivity index (χ0) is 19.5. The summed E-state index contributed by atoms with van der Waals surface area (Å²) in [5.74, 6) is 0.808. The number of halogens is 2. The van der Waals surface area contributed by atoms with Crippen LogP contribution in [-0.2, 0) is 0 Å². The van der Waals surface area contributed by atoms with Gasteiger partial charge in [0.25, 0.3) is 0 Å². The lowest BCUT2D eigenvalue weighted by Crippen LogP contribution is -2.47. The number of urea groups is 1. The van der Waals surface area contributed by atoms with E-state index in [1.54, 1.807) is 0 Å². The third-order valence-corrected chi connectivity index (χ3v) is 7.45. The number of nitrogens with one attached hydrogen (secondary N) is 1. The van der Waals surface area contributed by atoms with Gasteiger partial charge in [-0.3, -0.25) is 4.90 Å². The summed E-state index contributed by atoms with van der Waals surface area (Å²) in [4.78, 5) is 18.8. The summed E-state index contributed by atoms with van der Waals surface area (Å²) in [5, 5.41) is 4.22. The largest absolute Gasteiger partial charge is 0.368 e. The molecule has 2 amide bonds. The Kier molecular flexibility index (Phi) is 6.54. The van der Waals surface area contributed by atoms with Crippen LogP contribution in [-0.4, -0.2) is 67.7 Å². The highest BCUT2D eigenvalue weighted by atomic mass is 35.5. The molecule has 0 unspecified atom stereocenters. The van der Waals surface area contributed by atoms with Gasteiger partial charge in [-0.25, -0.2) is 4.79 Å². The first-order valence-corrected chi connectivity index (χ1v) is 11.3. The van der Waals surface area contributed by atoms with Crippen LogP contribution in [0.2, 0.25) is 10.0 Å². The third kappa shape index (κ3) is 4.52. The van der Waals surface area contributed by atoms with Crippen LogP contribution in [0.3, 0.4) is 0 Å². The Labute approximate surface area is 177 Å². The molecule has 1 aliphatic carbocycles. The summed E-state index contributed by atoms with van der Waals surface area (Å²) < 4.78 is 0. The minimum Gasteiger partial charge on any atom is -0.368 e. The fraction of sp³-hybridized carbons (Fsp3) is 0.667. The Morgan fingerprint density at radius 2 is 1.75 bits per heavy atom. The van der Waals surface area contributed by atoms with Crippen LogP contribution in [0.15, 0.2) is 18.2 Å². The molecule has 0 radical (unpaired) electrons. The average Bonchev–Trinajstić information content (AvgIpc) is 3.15. The highest BCUT2D eigenvalue weighted by molar-refractivity contribution is 6.43. The fourth-order valence-corrected chi connectivity index (χ4v) is 5.31. The second-order valence-corrected chi connectivity index (χ2v) is 9.08. The quantitative estimate of drug-likeness (QED) is 0.773. The van der Waals surface area contributed by atoms with Gasteiger partial charge in [0.1, 0.15) is 0 Å². The molecule has 1 aromatic carbocycles. The number of carbonyl (C=O) groups excluding carboxylic acids is 1. The van der Waals surface area contributed by atoms with E-state index in [4.69, 9.17) is 23.2 Å². The van der Waals surface area contributed by atoms with Gasteiger partial charge in [-0.1, -0.05) is 29.3 Å². The molecule has 0 atom stereocenters. The molecule has 2 heterocycles. The SMILES string of the molecule is O=C1NCCN1[C@H]1CC[C@H](CCN2CCN(c3cccc(Cl)c3Cl)CC2)CC1. The molecule has 0 bridgehead atoms. The van der Waals surface area contributed by atoms with Crippen LogP contribution in [0.1, 0.15) is 32.1 Å². The summed E-state index contributed by atoms with van der Waals surface area (Å²) >= 11 is 12.5. The molecule has 5 nitrogen and oxygen atoms in total. The lowest BCUT2D eigenvalue weighted by molar-refractivity contribution is 0.155. The maximum absolute atomic E-state index is 11.8. The number of rotatable bonds is 5. The molecular weight excluding hydrogens is 395 g/mol. The molecule has 1 N–H and O–H groups in total. The number of hydrogen-bond acceptors (Lipinski definition) is 3. The second kappa shape index (κ2) is 9.10. The van der Waals surface area contributed by atoms with Gasteiger partial charge in [-0.2, -0.15) is 0 Å². The van der Waals surface area contributed by atoms with E-state index in [1.165, 1.54) is 38.6 Å². The van der Waals surface area contributed by atoms with Crippen molar-refractivity contribution in [2.75, 3.05) is 50.7 Å². The van der Waals surface area contributed by atoms with Crippen LogP contribution < -0.4 is 10.2 Å². The first kappa shape index (κ1) is 20.1. The van der Waals surface area contributed by atoms with Gasteiger partial charge in [0.05, 0.1) is 15.7 Å². The molecule has 4 rings (SSSR count). The Balaban J connectivity index is 1.18. The van der Waals surface area contributed by atoms with Crippen molar-refractivity contribution >= 4 is 34.9 Å². The number of piperazine rings is 1. The number of nitrogens with zero attached hydrogens (tertiary/aromatic N) is 3. The number of carbonyl (C=O) groups is 1. The summed E-state index contributed by atoms with van der Waals surface area (Å²) in [6.07, 6.45) is 6.12. The molecule has 1 saturated carbocycles. The second-order valence-electron chi connectivity index (χ2n) is 8.29. The number of anilines is 1. The van der Waals surface area contributed by atoms with E-state index in [1.807, 2.05) is 12.1 Å². The van der Waals surface area contributed by atoms with Gasteiger partial charge >= 0.3 is 6.03 Å². The molecule has 2 aliphatic heterocycles. The highest BCUT2D eigenvalue weighted by Gasteiger charge is 2.31. The van der Waals surface area contributed by atoms with Crippen LogP contribution in [0.4, 0.5) is 10.5 Å². The lowest BCUT2D eigenvalue weighted by atomic mass is 9.83. The molecule has 28 heavy (non-hydrogen) atoms. The minimum absolute atomic E-state index is 0.140. The zero-order valence-corrected chi connectivity index (χ0v) is 17.9. The summed E-state index contributed by atoms with van der Waals surface area (Å²) in [6.45, 7) is 7.02. The zero-order valence-electron chi connectivity index (χ0n) is 16.4. The Hall–Kier alpha value is -1.17.